The van der Waals surface area contributed by atoms with Crippen LogP contribution in [0.4, 0.5) is 5.13 Å². The topological polar surface area (TPSA) is 42.2 Å². The number of nitrogen functional groups attached to an aromatic ring is 1. The van der Waals surface area contributed by atoms with Crippen LogP contribution in [-0.4, -0.2) is 23.0 Å². The molecule has 0 spiro atoms. The van der Waals surface area contributed by atoms with Gasteiger partial charge in [0.2, 0.25) is 0 Å². The van der Waals surface area contributed by atoms with Gasteiger partial charge in [-0.2, -0.15) is 0 Å². The van der Waals surface area contributed by atoms with Crippen LogP contribution in [0.25, 0.3) is 0 Å². The molecule has 0 unspecified atom stereocenters. The lowest BCUT2D eigenvalue weighted by Crippen LogP contribution is -2.30. The molecule has 1 aromatic heterocycles. The lowest BCUT2D eigenvalue weighted by molar-refractivity contribution is 0.211. The molecule has 0 bridgehead atoms. The Balaban J connectivity index is 1.88. The predicted octanol–water partition coefficient (Wildman–Crippen LogP) is 3.29. The zero-order valence-electron chi connectivity index (χ0n) is 11.0. The van der Waals surface area contributed by atoms with E-state index in [4.69, 9.17) is 5.73 Å². The average Bonchev–Trinajstić information content (AvgIpc) is 2.76. The minimum atomic E-state index is 0.668. The number of nitrogens with zero attached hydrogens (tertiary/aromatic N) is 2. The Hall–Kier alpha value is -0.870. The molecule has 100 valence electrons. The van der Waals surface area contributed by atoms with E-state index in [0.29, 0.717) is 5.13 Å². The van der Waals surface area contributed by atoms with Crippen molar-refractivity contribution in [2.75, 3.05) is 18.8 Å². The van der Waals surface area contributed by atoms with Crippen molar-refractivity contribution < 1.29 is 0 Å². The fourth-order valence-corrected chi connectivity index (χ4v) is 3.46. The number of anilines is 1. The summed E-state index contributed by atoms with van der Waals surface area (Å²) >= 11 is 1.59. The molecule has 0 aliphatic heterocycles. The van der Waals surface area contributed by atoms with Crippen LogP contribution in [0.5, 0.6) is 0 Å². The standard InChI is InChI=1S/C14H23N3S/c1-2-8-17(10-12-6-4-3-5-7-12)11-13-9-16-14(15)18-13/h2,9,12H,1,3-8,10-11H2,(H2,15,16). The van der Waals surface area contributed by atoms with Crippen molar-refractivity contribution in [1.82, 2.24) is 9.88 Å². The van der Waals surface area contributed by atoms with Crippen LogP contribution in [0.1, 0.15) is 37.0 Å². The molecule has 1 fully saturated rings. The molecule has 1 aliphatic rings. The number of rotatable bonds is 6. The Bertz CT molecular complexity index is 369. The highest BCUT2D eigenvalue weighted by Crippen LogP contribution is 2.25. The van der Waals surface area contributed by atoms with Crippen molar-refractivity contribution in [3.05, 3.63) is 23.7 Å². The molecule has 1 saturated carbocycles. The van der Waals surface area contributed by atoms with Crippen LogP contribution in [0.2, 0.25) is 0 Å². The molecular formula is C14H23N3S. The summed E-state index contributed by atoms with van der Waals surface area (Å²) in [6.07, 6.45) is 10.9. The zero-order chi connectivity index (χ0) is 12.8. The van der Waals surface area contributed by atoms with Crippen molar-refractivity contribution in [1.29, 1.82) is 0 Å². The van der Waals surface area contributed by atoms with Gasteiger partial charge in [0.15, 0.2) is 5.13 Å². The van der Waals surface area contributed by atoms with Crippen LogP contribution in [0, 0.1) is 5.92 Å². The number of thiazole rings is 1. The minimum Gasteiger partial charge on any atom is -0.375 e. The third-order valence-electron chi connectivity index (χ3n) is 3.58. The Kier molecular flexibility index (Phi) is 5.20. The molecule has 1 aromatic rings. The van der Waals surface area contributed by atoms with Gasteiger partial charge in [0.1, 0.15) is 0 Å². The maximum Gasteiger partial charge on any atom is 0.180 e. The van der Waals surface area contributed by atoms with Gasteiger partial charge >= 0.3 is 0 Å². The molecule has 4 heteroatoms. The van der Waals surface area contributed by atoms with Crippen molar-refractivity contribution in [3.8, 4) is 0 Å². The van der Waals surface area contributed by atoms with Gasteiger partial charge in [-0.05, 0) is 18.8 Å². The molecule has 0 aromatic carbocycles. The second-order valence-electron chi connectivity index (χ2n) is 5.15. The van der Waals surface area contributed by atoms with Crippen LogP contribution in [0.15, 0.2) is 18.9 Å². The van der Waals surface area contributed by atoms with Gasteiger partial charge in [-0.3, -0.25) is 4.90 Å². The first-order valence-electron chi connectivity index (χ1n) is 6.81. The van der Waals surface area contributed by atoms with Crippen molar-refractivity contribution in [2.45, 2.75) is 38.6 Å². The Morgan fingerprint density at radius 1 is 1.44 bits per heavy atom. The van der Waals surface area contributed by atoms with Crippen LogP contribution >= 0.6 is 11.3 Å². The highest BCUT2D eigenvalue weighted by molar-refractivity contribution is 7.15. The van der Waals surface area contributed by atoms with E-state index in [1.165, 1.54) is 43.5 Å². The molecule has 3 nitrogen and oxygen atoms in total. The maximum atomic E-state index is 5.68. The fourth-order valence-electron chi connectivity index (χ4n) is 2.74. The Morgan fingerprint density at radius 2 is 2.22 bits per heavy atom. The summed E-state index contributed by atoms with van der Waals surface area (Å²) in [5.41, 5.74) is 5.68. The number of hydrogen-bond acceptors (Lipinski definition) is 4. The first-order valence-corrected chi connectivity index (χ1v) is 7.63. The van der Waals surface area contributed by atoms with Crippen LogP contribution in [0.3, 0.4) is 0 Å². The molecule has 0 amide bonds. The molecular weight excluding hydrogens is 242 g/mol. The molecule has 0 radical (unpaired) electrons. The highest BCUT2D eigenvalue weighted by Gasteiger charge is 2.17. The lowest BCUT2D eigenvalue weighted by atomic mass is 9.89. The minimum absolute atomic E-state index is 0.668. The zero-order valence-corrected chi connectivity index (χ0v) is 11.8. The van der Waals surface area contributed by atoms with Gasteiger partial charge in [-0.1, -0.05) is 25.3 Å². The van der Waals surface area contributed by atoms with E-state index >= 15 is 0 Å². The molecule has 2 N–H and O–H groups in total. The van der Waals surface area contributed by atoms with Crippen LogP contribution < -0.4 is 5.73 Å². The number of nitrogens with two attached hydrogens (primary N) is 1. The summed E-state index contributed by atoms with van der Waals surface area (Å²) < 4.78 is 0. The molecule has 0 atom stereocenters. The SMILES string of the molecule is C=CCN(Cc1cnc(N)s1)CC1CCCCC1. The van der Waals surface area contributed by atoms with Crippen molar-refractivity contribution >= 4 is 16.5 Å². The average molecular weight is 265 g/mol. The largest absolute Gasteiger partial charge is 0.375 e. The predicted molar refractivity (Wildman–Crippen MR) is 78.6 cm³/mol. The molecule has 2 rings (SSSR count). The van der Waals surface area contributed by atoms with E-state index in [0.717, 1.165) is 19.0 Å². The summed E-state index contributed by atoms with van der Waals surface area (Å²) in [5.74, 6) is 0.865. The van der Waals surface area contributed by atoms with Crippen molar-refractivity contribution in [2.24, 2.45) is 5.92 Å². The first-order chi connectivity index (χ1) is 8.78. The second kappa shape index (κ2) is 6.90. The maximum absolute atomic E-state index is 5.68. The van der Waals surface area contributed by atoms with E-state index in [1.807, 2.05) is 12.3 Å². The summed E-state index contributed by atoms with van der Waals surface area (Å²) in [6, 6.07) is 0. The number of hydrogen-bond donors (Lipinski definition) is 1. The molecule has 0 saturated heterocycles. The van der Waals surface area contributed by atoms with Gasteiger partial charge in [0.25, 0.3) is 0 Å². The van der Waals surface area contributed by atoms with Gasteiger partial charge in [-0.15, -0.1) is 17.9 Å². The van der Waals surface area contributed by atoms with E-state index in [1.54, 1.807) is 11.3 Å². The molecule has 1 heterocycles. The highest BCUT2D eigenvalue weighted by atomic mass is 32.1. The van der Waals surface area contributed by atoms with Gasteiger partial charge in [0.05, 0.1) is 0 Å². The summed E-state index contributed by atoms with van der Waals surface area (Å²) in [5, 5.41) is 0.668. The van der Waals surface area contributed by atoms with Crippen LogP contribution in [-0.2, 0) is 6.54 Å². The Morgan fingerprint density at radius 3 is 2.83 bits per heavy atom. The van der Waals surface area contributed by atoms with Gasteiger partial charge in [0, 0.05) is 30.7 Å². The lowest BCUT2D eigenvalue weighted by Gasteiger charge is -2.28. The van der Waals surface area contributed by atoms with Crippen molar-refractivity contribution in [3.63, 3.8) is 0 Å². The molecule has 1 aliphatic carbocycles. The quantitative estimate of drug-likeness (QED) is 0.803. The first kappa shape index (κ1) is 13.6. The third kappa shape index (κ3) is 4.10. The summed E-state index contributed by atoms with van der Waals surface area (Å²) in [7, 11) is 0. The number of aromatic nitrogens is 1. The van der Waals surface area contributed by atoms with E-state index < -0.39 is 0 Å². The summed E-state index contributed by atoms with van der Waals surface area (Å²) in [4.78, 5) is 7.84. The monoisotopic (exact) mass is 265 g/mol. The smallest absolute Gasteiger partial charge is 0.180 e. The third-order valence-corrected chi connectivity index (χ3v) is 4.39. The van der Waals surface area contributed by atoms with E-state index in [2.05, 4.69) is 16.5 Å². The Labute approximate surface area is 114 Å². The fraction of sp³-hybridized carbons (Fsp3) is 0.643. The second-order valence-corrected chi connectivity index (χ2v) is 6.30. The van der Waals surface area contributed by atoms with Gasteiger partial charge in [-0.25, -0.2) is 4.98 Å². The van der Waals surface area contributed by atoms with Gasteiger partial charge < -0.3 is 5.73 Å². The van der Waals surface area contributed by atoms with E-state index in [-0.39, 0.29) is 0 Å². The normalized spacial score (nSPS) is 17.2. The summed E-state index contributed by atoms with van der Waals surface area (Å²) in [6.45, 7) is 6.95. The van der Waals surface area contributed by atoms with E-state index in [9.17, 15) is 0 Å². The molecule has 18 heavy (non-hydrogen) atoms.